The normalized spacial score (nSPS) is 13.7. The van der Waals surface area contributed by atoms with E-state index in [0.717, 1.165) is 37.2 Å². The van der Waals surface area contributed by atoms with Gasteiger partial charge in [-0.3, -0.25) is 4.79 Å². The van der Waals surface area contributed by atoms with Gasteiger partial charge >= 0.3 is 0 Å². The minimum absolute atomic E-state index is 0.0332. The van der Waals surface area contributed by atoms with Crippen LogP contribution in [0.5, 0.6) is 5.75 Å². The molecule has 0 aliphatic carbocycles. The van der Waals surface area contributed by atoms with E-state index >= 15 is 0 Å². The molecule has 1 N–H and O–H groups in total. The summed E-state index contributed by atoms with van der Waals surface area (Å²) < 4.78 is 5.27. The summed E-state index contributed by atoms with van der Waals surface area (Å²) in [6.45, 7) is 6.25. The molecule has 0 saturated heterocycles. The topological polar surface area (TPSA) is 41.6 Å². The van der Waals surface area contributed by atoms with Gasteiger partial charge in [-0.05, 0) is 65.8 Å². The third kappa shape index (κ3) is 5.13. The zero-order valence-electron chi connectivity index (χ0n) is 19.2. The lowest BCUT2D eigenvalue weighted by Gasteiger charge is -2.22. The highest BCUT2D eigenvalue weighted by atomic mass is 16.5. The number of ether oxygens (including phenoxy) is 1. The average Bonchev–Trinajstić information content (AvgIpc) is 3.21. The first-order valence-electron chi connectivity index (χ1n) is 11.4. The van der Waals surface area contributed by atoms with Gasteiger partial charge < -0.3 is 15.0 Å². The third-order valence-electron chi connectivity index (χ3n) is 6.10. The molecule has 0 spiro atoms. The van der Waals surface area contributed by atoms with Gasteiger partial charge in [0.25, 0.3) is 5.91 Å². The lowest BCUT2D eigenvalue weighted by atomic mass is 9.96. The van der Waals surface area contributed by atoms with E-state index in [0.29, 0.717) is 11.5 Å². The van der Waals surface area contributed by atoms with Crippen LogP contribution >= 0.6 is 0 Å². The number of methoxy groups -OCH3 is 1. The largest absolute Gasteiger partial charge is 0.497 e. The quantitative estimate of drug-likeness (QED) is 0.495. The van der Waals surface area contributed by atoms with E-state index in [4.69, 9.17) is 4.74 Å². The number of nitrogens with one attached hydrogen (secondary N) is 1. The summed E-state index contributed by atoms with van der Waals surface area (Å²) in [5, 5.41) is 3.23. The molecule has 166 valence electrons. The number of hydrogen-bond donors (Lipinski definition) is 1. The lowest BCUT2D eigenvalue weighted by Crippen LogP contribution is -2.29. The molecule has 0 saturated carbocycles. The number of benzene rings is 3. The molecule has 1 aliphatic heterocycles. The molecular weight excluding hydrogens is 396 g/mol. The summed E-state index contributed by atoms with van der Waals surface area (Å²) in [4.78, 5) is 15.4. The van der Waals surface area contributed by atoms with Crippen LogP contribution in [0.1, 0.15) is 53.4 Å². The fourth-order valence-corrected chi connectivity index (χ4v) is 4.38. The summed E-state index contributed by atoms with van der Waals surface area (Å²) >= 11 is 0. The molecule has 0 fully saturated rings. The van der Waals surface area contributed by atoms with Crippen LogP contribution in [0.3, 0.4) is 0 Å². The number of para-hydroxylation sites is 1. The van der Waals surface area contributed by atoms with E-state index in [1.165, 1.54) is 16.8 Å². The van der Waals surface area contributed by atoms with Gasteiger partial charge in [-0.2, -0.15) is 0 Å². The predicted molar refractivity (Wildman–Crippen MR) is 130 cm³/mol. The van der Waals surface area contributed by atoms with Crippen molar-refractivity contribution in [2.45, 2.75) is 39.3 Å². The Morgan fingerprint density at radius 2 is 1.72 bits per heavy atom. The molecule has 32 heavy (non-hydrogen) atoms. The SMILES string of the molecule is COc1ccc([C@@H](CC(C)C)NC(=O)c2ccc(CN3CCc4ccccc43)cc2)cc1. The Hall–Kier alpha value is -3.27. The maximum Gasteiger partial charge on any atom is 0.251 e. The number of amides is 1. The Labute approximate surface area is 191 Å². The zero-order valence-corrected chi connectivity index (χ0v) is 19.2. The number of hydrogen-bond acceptors (Lipinski definition) is 3. The Morgan fingerprint density at radius 1 is 1.00 bits per heavy atom. The highest BCUT2D eigenvalue weighted by Gasteiger charge is 2.20. The van der Waals surface area contributed by atoms with E-state index in [1.54, 1.807) is 7.11 Å². The fourth-order valence-electron chi connectivity index (χ4n) is 4.38. The van der Waals surface area contributed by atoms with Crippen molar-refractivity contribution in [1.82, 2.24) is 5.32 Å². The number of carbonyl (C=O) groups is 1. The van der Waals surface area contributed by atoms with Crippen LogP contribution < -0.4 is 15.0 Å². The number of anilines is 1. The van der Waals surface area contributed by atoms with Crippen LogP contribution in [0, 0.1) is 5.92 Å². The van der Waals surface area contributed by atoms with Crippen molar-refractivity contribution >= 4 is 11.6 Å². The molecule has 0 bridgehead atoms. The second-order valence-electron chi connectivity index (χ2n) is 8.93. The summed E-state index contributed by atoms with van der Waals surface area (Å²) in [6.07, 6.45) is 1.98. The van der Waals surface area contributed by atoms with E-state index in [-0.39, 0.29) is 11.9 Å². The van der Waals surface area contributed by atoms with Gasteiger partial charge in [-0.1, -0.05) is 56.3 Å². The molecule has 4 nitrogen and oxygen atoms in total. The van der Waals surface area contributed by atoms with Gasteiger partial charge in [0.2, 0.25) is 0 Å². The Bertz CT molecular complexity index is 1040. The van der Waals surface area contributed by atoms with Crippen molar-refractivity contribution in [2.24, 2.45) is 5.92 Å². The van der Waals surface area contributed by atoms with Crippen LogP contribution in [-0.4, -0.2) is 19.6 Å². The minimum atomic E-state index is -0.0375. The highest BCUT2D eigenvalue weighted by molar-refractivity contribution is 5.94. The van der Waals surface area contributed by atoms with Crippen molar-refractivity contribution in [2.75, 3.05) is 18.6 Å². The monoisotopic (exact) mass is 428 g/mol. The molecule has 1 heterocycles. The Balaban J connectivity index is 1.42. The van der Waals surface area contributed by atoms with E-state index in [1.807, 2.05) is 36.4 Å². The smallest absolute Gasteiger partial charge is 0.251 e. The maximum absolute atomic E-state index is 13.0. The van der Waals surface area contributed by atoms with Crippen LogP contribution in [0.2, 0.25) is 0 Å². The molecule has 3 aromatic carbocycles. The van der Waals surface area contributed by atoms with Crippen LogP contribution in [-0.2, 0) is 13.0 Å². The first kappa shape index (κ1) is 21.9. The molecule has 4 rings (SSSR count). The summed E-state index contributed by atoms with van der Waals surface area (Å²) in [5.74, 6) is 1.25. The summed E-state index contributed by atoms with van der Waals surface area (Å²) in [6, 6.07) is 24.5. The molecule has 0 aromatic heterocycles. The molecule has 0 unspecified atom stereocenters. The van der Waals surface area contributed by atoms with Gasteiger partial charge in [0.15, 0.2) is 0 Å². The Kier molecular flexibility index (Phi) is 6.79. The van der Waals surface area contributed by atoms with Crippen molar-refractivity contribution < 1.29 is 9.53 Å². The van der Waals surface area contributed by atoms with Gasteiger partial charge in [0, 0.05) is 24.3 Å². The third-order valence-corrected chi connectivity index (χ3v) is 6.10. The van der Waals surface area contributed by atoms with Crippen molar-refractivity contribution in [3.63, 3.8) is 0 Å². The standard InChI is InChI=1S/C28H32N2O2/c1-20(2)18-26(22-12-14-25(32-3)15-13-22)29-28(31)24-10-8-21(9-11-24)19-30-17-16-23-6-4-5-7-27(23)30/h4-15,20,26H,16-19H2,1-3H3,(H,29,31)/t26-/m1/s1. The predicted octanol–water partition coefficient (Wildman–Crippen LogP) is 5.78. The van der Waals surface area contributed by atoms with Crippen LogP contribution in [0.25, 0.3) is 0 Å². The number of fused-ring (bicyclic) bond motifs is 1. The Morgan fingerprint density at radius 3 is 2.41 bits per heavy atom. The minimum Gasteiger partial charge on any atom is -0.497 e. The van der Waals surface area contributed by atoms with Crippen molar-refractivity contribution in [1.29, 1.82) is 0 Å². The van der Waals surface area contributed by atoms with Gasteiger partial charge in [0.05, 0.1) is 13.2 Å². The van der Waals surface area contributed by atoms with Gasteiger partial charge in [-0.15, -0.1) is 0 Å². The maximum atomic E-state index is 13.0. The van der Waals surface area contributed by atoms with E-state index in [9.17, 15) is 4.79 Å². The second kappa shape index (κ2) is 9.90. The van der Waals surface area contributed by atoms with Gasteiger partial charge in [0.1, 0.15) is 5.75 Å². The second-order valence-corrected chi connectivity index (χ2v) is 8.93. The number of rotatable bonds is 8. The molecule has 1 aliphatic rings. The molecule has 1 amide bonds. The average molecular weight is 429 g/mol. The molecule has 4 heteroatoms. The van der Waals surface area contributed by atoms with E-state index < -0.39 is 0 Å². The van der Waals surface area contributed by atoms with E-state index in [2.05, 4.69) is 60.5 Å². The lowest BCUT2D eigenvalue weighted by molar-refractivity contribution is 0.0932. The molecule has 0 radical (unpaired) electrons. The van der Waals surface area contributed by atoms with Gasteiger partial charge in [-0.25, -0.2) is 0 Å². The zero-order chi connectivity index (χ0) is 22.5. The molecular formula is C28H32N2O2. The first-order chi connectivity index (χ1) is 15.5. The molecule has 3 aromatic rings. The first-order valence-corrected chi connectivity index (χ1v) is 11.4. The van der Waals surface area contributed by atoms with Crippen LogP contribution in [0.15, 0.2) is 72.8 Å². The summed E-state index contributed by atoms with van der Waals surface area (Å²) in [5.41, 5.74) is 5.74. The number of nitrogens with zero attached hydrogens (tertiary/aromatic N) is 1. The fraction of sp³-hybridized carbons (Fsp3) is 0.321. The highest BCUT2D eigenvalue weighted by Crippen LogP contribution is 2.29. The van der Waals surface area contributed by atoms with Crippen LogP contribution in [0.4, 0.5) is 5.69 Å². The van der Waals surface area contributed by atoms with Crippen molar-refractivity contribution in [3.8, 4) is 5.75 Å². The molecule has 1 atom stereocenters. The van der Waals surface area contributed by atoms with Crippen molar-refractivity contribution in [3.05, 3.63) is 95.1 Å². The summed E-state index contributed by atoms with van der Waals surface area (Å²) in [7, 11) is 1.66. The number of carbonyl (C=O) groups excluding carboxylic acids is 1.